The Morgan fingerprint density at radius 2 is 0.955 bits per heavy atom. The molecule has 0 amide bonds. The Hall–Kier alpha value is -0.160. The monoisotopic (exact) mass is 312 g/mol. The molecule has 22 heavy (non-hydrogen) atoms. The average molecular weight is 312 g/mol. The summed E-state index contributed by atoms with van der Waals surface area (Å²) in [6.07, 6.45) is 11.0. The quantitative estimate of drug-likeness (QED) is 0.757. The number of likely N-dealkylation sites (N-methyl/N-ethyl adjacent to an activating group) is 2. The first-order valence-electron chi connectivity index (χ1n) is 9.23. The molecule has 4 heteroatoms. The van der Waals surface area contributed by atoms with Crippen molar-refractivity contribution in [2.24, 2.45) is 0 Å². The summed E-state index contributed by atoms with van der Waals surface area (Å²) in [7, 11) is 4.21. The average Bonchev–Trinajstić information content (AvgIpc) is 2.46. The van der Waals surface area contributed by atoms with Gasteiger partial charge in [0.05, 0.1) is 11.2 Å². The summed E-state index contributed by atoms with van der Waals surface area (Å²) in [5.41, 5.74) is -0.930. The minimum Gasteiger partial charge on any atom is -0.389 e. The van der Waals surface area contributed by atoms with Gasteiger partial charge in [0.25, 0.3) is 0 Å². The van der Waals surface area contributed by atoms with E-state index in [1.807, 2.05) is 0 Å². The van der Waals surface area contributed by atoms with E-state index in [2.05, 4.69) is 23.9 Å². The first kappa shape index (κ1) is 18.2. The van der Waals surface area contributed by atoms with E-state index < -0.39 is 11.2 Å². The molecule has 2 N–H and O–H groups in total. The molecule has 0 aromatic rings. The molecule has 0 bridgehead atoms. The third-order valence-corrected chi connectivity index (χ3v) is 5.56. The van der Waals surface area contributed by atoms with E-state index in [1.165, 1.54) is 12.8 Å². The molecule has 0 saturated heterocycles. The third kappa shape index (κ3) is 5.80. The Morgan fingerprint density at radius 1 is 0.636 bits per heavy atom. The van der Waals surface area contributed by atoms with Crippen LogP contribution in [0.3, 0.4) is 0 Å². The molecule has 2 rings (SSSR count). The van der Waals surface area contributed by atoms with Crippen LogP contribution in [0.2, 0.25) is 0 Å². The molecular formula is C18H36N2O2. The SMILES string of the molecule is CN(CCN(C)CC1(O)CCCCC1)CC1(O)CCCCC1. The lowest BCUT2D eigenvalue weighted by Gasteiger charge is -2.37. The van der Waals surface area contributed by atoms with Crippen molar-refractivity contribution >= 4 is 0 Å². The van der Waals surface area contributed by atoms with E-state index in [1.54, 1.807) is 0 Å². The van der Waals surface area contributed by atoms with Crippen LogP contribution in [-0.4, -0.2) is 71.5 Å². The van der Waals surface area contributed by atoms with Crippen molar-refractivity contribution in [3.05, 3.63) is 0 Å². The van der Waals surface area contributed by atoms with Gasteiger partial charge in [-0.25, -0.2) is 0 Å². The van der Waals surface area contributed by atoms with E-state index in [0.717, 1.165) is 77.5 Å². The zero-order chi connectivity index (χ0) is 16.1. The van der Waals surface area contributed by atoms with Crippen LogP contribution in [0.4, 0.5) is 0 Å². The van der Waals surface area contributed by atoms with Gasteiger partial charge in [-0.2, -0.15) is 0 Å². The fraction of sp³-hybridized carbons (Fsp3) is 1.00. The standard InChI is InChI=1S/C18H36N2O2/c1-19(15-17(21)9-5-3-6-10-17)13-14-20(2)16-18(22)11-7-4-8-12-18/h21-22H,3-16H2,1-2H3. The van der Waals surface area contributed by atoms with Crippen molar-refractivity contribution < 1.29 is 10.2 Å². The smallest absolute Gasteiger partial charge is 0.0774 e. The van der Waals surface area contributed by atoms with Gasteiger partial charge >= 0.3 is 0 Å². The highest BCUT2D eigenvalue weighted by molar-refractivity contribution is 4.86. The van der Waals surface area contributed by atoms with Crippen molar-refractivity contribution in [3.63, 3.8) is 0 Å². The number of aliphatic hydroxyl groups is 2. The largest absolute Gasteiger partial charge is 0.389 e. The molecule has 0 atom stereocenters. The molecule has 0 aliphatic heterocycles. The van der Waals surface area contributed by atoms with Crippen LogP contribution in [0.15, 0.2) is 0 Å². The second-order valence-corrected chi connectivity index (χ2v) is 8.05. The van der Waals surface area contributed by atoms with Gasteiger partial charge in [-0.15, -0.1) is 0 Å². The molecule has 2 fully saturated rings. The number of rotatable bonds is 7. The molecule has 2 saturated carbocycles. The van der Waals surface area contributed by atoms with Crippen LogP contribution in [0, 0.1) is 0 Å². The van der Waals surface area contributed by atoms with Gasteiger partial charge in [0.15, 0.2) is 0 Å². The van der Waals surface area contributed by atoms with Crippen LogP contribution in [0.1, 0.15) is 64.2 Å². The van der Waals surface area contributed by atoms with Crippen molar-refractivity contribution in [1.29, 1.82) is 0 Å². The lowest BCUT2D eigenvalue weighted by Crippen LogP contribution is -2.47. The molecule has 0 aromatic carbocycles. The first-order valence-corrected chi connectivity index (χ1v) is 9.23. The van der Waals surface area contributed by atoms with Crippen LogP contribution >= 0.6 is 0 Å². The normalized spacial score (nSPS) is 24.8. The molecule has 0 unspecified atom stereocenters. The van der Waals surface area contributed by atoms with E-state index >= 15 is 0 Å². The molecule has 0 heterocycles. The lowest BCUT2D eigenvalue weighted by atomic mass is 9.84. The molecule has 2 aliphatic carbocycles. The second kappa shape index (κ2) is 8.09. The Morgan fingerprint density at radius 3 is 1.27 bits per heavy atom. The molecule has 130 valence electrons. The third-order valence-electron chi connectivity index (χ3n) is 5.56. The summed E-state index contributed by atoms with van der Waals surface area (Å²) >= 11 is 0. The fourth-order valence-corrected chi connectivity index (χ4v) is 4.24. The van der Waals surface area contributed by atoms with Gasteiger partial charge in [0.2, 0.25) is 0 Å². The summed E-state index contributed by atoms with van der Waals surface area (Å²) < 4.78 is 0. The Labute approximate surface area is 136 Å². The molecule has 0 aromatic heterocycles. The van der Waals surface area contributed by atoms with Gasteiger partial charge in [-0.3, -0.25) is 0 Å². The van der Waals surface area contributed by atoms with Crippen molar-refractivity contribution in [2.45, 2.75) is 75.4 Å². The summed E-state index contributed by atoms with van der Waals surface area (Å²) in [5, 5.41) is 21.2. The summed E-state index contributed by atoms with van der Waals surface area (Å²) in [6, 6.07) is 0. The molecule has 0 radical (unpaired) electrons. The summed E-state index contributed by atoms with van der Waals surface area (Å²) in [5.74, 6) is 0. The van der Waals surface area contributed by atoms with Crippen molar-refractivity contribution in [2.75, 3.05) is 40.3 Å². The van der Waals surface area contributed by atoms with E-state index in [4.69, 9.17) is 0 Å². The fourth-order valence-electron chi connectivity index (χ4n) is 4.24. The van der Waals surface area contributed by atoms with Crippen LogP contribution in [0.5, 0.6) is 0 Å². The highest BCUT2D eigenvalue weighted by Crippen LogP contribution is 2.29. The maximum Gasteiger partial charge on any atom is 0.0774 e. The topological polar surface area (TPSA) is 46.9 Å². The van der Waals surface area contributed by atoms with Crippen LogP contribution in [0.25, 0.3) is 0 Å². The van der Waals surface area contributed by atoms with Gasteiger partial charge in [-0.1, -0.05) is 38.5 Å². The van der Waals surface area contributed by atoms with E-state index in [0.29, 0.717) is 0 Å². The maximum absolute atomic E-state index is 10.6. The highest BCUT2D eigenvalue weighted by atomic mass is 16.3. The number of hydrogen-bond acceptors (Lipinski definition) is 4. The minimum absolute atomic E-state index is 0.465. The number of hydrogen-bond donors (Lipinski definition) is 2. The summed E-state index contributed by atoms with van der Waals surface area (Å²) in [6.45, 7) is 3.47. The predicted octanol–water partition coefficient (Wildman–Crippen LogP) is 2.24. The van der Waals surface area contributed by atoms with Crippen molar-refractivity contribution in [3.8, 4) is 0 Å². The van der Waals surface area contributed by atoms with E-state index in [9.17, 15) is 10.2 Å². The highest BCUT2D eigenvalue weighted by Gasteiger charge is 2.32. The molecule has 4 nitrogen and oxygen atoms in total. The van der Waals surface area contributed by atoms with Crippen LogP contribution < -0.4 is 0 Å². The van der Waals surface area contributed by atoms with Gasteiger partial charge < -0.3 is 20.0 Å². The predicted molar refractivity (Wildman–Crippen MR) is 91.1 cm³/mol. The Balaban J connectivity index is 1.67. The Bertz CT molecular complexity index is 291. The molecular weight excluding hydrogens is 276 g/mol. The van der Waals surface area contributed by atoms with Crippen molar-refractivity contribution in [1.82, 2.24) is 9.80 Å². The van der Waals surface area contributed by atoms with Crippen LogP contribution in [-0.2, 0) is 0 Å². The molecule has 2 aliphatic rings. The first-order chi connectivity index (χ1) is 10.4. The zero-order valence-electron chi connectivity index (χ0n) is 14.7. The lowest BCUT2D eigenvalue weighted by molar-refractivity contribution is -0.0314. The Kier molecular flexibility index (Phi) is 6.69. The zero-order valence-corrected chi connectivity index (χ0v) is 14.7. The van der Waals surface area contributed by atoms with E-state index in [-0.39, 0.29) is 0 Å². The minimum atomic E-state index is -0.465. The number of nitrogens with zero attached hydrogens (tertiary/aromatic N) is 2. The molecule has 0 spiro atoms. The summed E-state index contributed by atoms with van der Waals surface area (Å²) in [4.78, 5) is 4.51. The van der Waals surface area contributed by atoms with Gasteiger partial charge in [0, 0.05) is 26.2 Å². The van der Waals surface area contributed by atoms with Gasteiger partial charge in [-0.05, 0) is 39.8 Å². The van der Waals surface area contributed by atoms with Gasteiger partial charge in [0.1, 0.15) is 0 Å². The second-order valence-electron chi connectivity index (χ2n) is 8.05. The maximum atomic E-state index is 10.6.